The number of carbonyl (C=O) groups is 2. The molecule has 0 bridgehead atoms. The van der Waals surface area contributed by atoms with Gasteiger partial charge in [-0.25, -0.2) is 9.97 Å². The van der Waals surface area contributed by atoms with Crippen molar-refractivity contribution in [2.45, 2.75) is 38.8 Å². The Kier molecular flexibility index (Phi) is 6.38. The van der Waals surface area contributed by atoms with Crippen molar-refractivity contribution < 1.29 is 14.3 Å². The molecule has 1 aliphatic heterocycles. The maximum atomic E-state index is 13.3. The minimum atomic E-state index is -0.693. The fourth-order valence-corrected chi connectivity index (χ4v) is 4.93. The number of nitrogens with two attached hydrogens (primary N) is 1. The van der Waals surface area contributed by atoms with Crippen LogP contribution in [0.15, 0.2) is 36.0 Å². The third kappa shape index (κ3) is 4.31. The molecule has 1 saturated heterocycles. The first-order chi connectivity index (χ1) is 15.4. The van der Waals surface area contributed by atoms with Gasteiger partial charge in [0, 0.05) is 19.6 Å². The van der Waals surface area contributed by atoms with Crippen molar-refractivity contribution in [2.75, 3.05) is 24.7 Å². The molecule has 1 fully saturated rings. The van der Waals surface area contributed by atoms with Gasteiger partial charge in [-0.15, -0.1) is 11.3 Å². The lowest BCUT2D eigenvalue weighted by atomic mass is 9.87. The van der Waals surface area contributed by atoms with Crippen LogP contribution in [-0.4, -0.2) is 46.4 Å². The maximum absolute atomic E-state index is 13.3. The average molecular weight is 454 g/mol. The summed E-state index contributed by atoms with van der Waals surface area (Å²) in [6.45, 7) is 4.41. The molecule has 0 spiro atoms. The van der Waals surface area contributed by atoms with E-state index in [-0.39, 0.29) is 18.1 Å². The SMILES string of the molecule is CCc1cc(NC(=O)C(=O)N2C[C@H](C)C(OC)C[C@H]2c2ccc3scnc3c2)cnc1N. The Morgan fingerprint density at radius 1 is 1.31 bits per heavy atom. The average Bonchev–Trinajstić information content (AvgIpc) is 3.27. The summed E-state index contributed by atoms with van der Waals surface area (Å²) in [5, 5.41) is 2.69. The molecule has 1 unspecified atom stereocenters. The van der Waals surface area contributed by atoms with Crippen LogP contribution < -0.4 is 11.1 Å². The van der Waals surface area contributed by atoms with Crippen molar-refractivity contribution in [3.63, 3.8) is 0 Å². The highest BCUT2D eigenvalue weighted by molar-refractivity contribution is 7.16. The third-order valence-electron chi connectivity index (χ3n) is 6.09. The molecule has 2 amide bonds. The second-order valence-electron chi connectivity index (χ2n) is 8.12. The number of hydrogen-bond acceptors (Lipinski definition) is 7. The van der Waals surface area contributed by atoms with E-state index in [9.17, 15) is 9.59 Å². The molecule has 0 saturated carbocycles. The lowest BCUT2D eigenvalue weighted by molar-refractivity contribution is -0.149. The van der Waals surface area contributed by atoms with E-state index in [1.807, 2.05) is 32.0 Å². The number of thiazole rings is 1. The van der Waals surface area contributed by atoms with Gasteiger partial charge in [0.05, 0.1) is 39.8 Å². The highest BCUT2D eigenvalue weighted by Crippen LogP contribution is 2.36. The molecule has 8 nitrogen and oxygen atoms in total. The van der Waals surface area contributed by atoms with E-state index in [0.717, 1.165) is 21.3 Å². The number of anilines is 2. The summed E-state index contributed by atoms with van der Waals surface area (Å²) in [5.41, 5.74) is 10.8. The van der Waals surface area contributed by atoms with Crippen LogP contribution in [-0.2, 0) is 20.7 Å². The number of carbonyl (C=O) groups excluding carboxylic acids is 2. The number of aromatic nitrogens is 2. The van der Waals surface area contributed by atoms with E-state index in [2.05, 4.69) is 15.3 Å². The number of fused-ring (bicyclic) bond motifs is 1. The number of aryl methyl sites for hydroxylation is 1. The Morgan fingerprint density at radius 2 is 2.12 bits per heavy atom. The first-order valence-electron chi connectivity index (χ1n) is 10.6. The number of rotatable bonds is 4. The lowest BCUT2D eigenvalue weighted by Gasteiger charge is -2.42. The molecule has 0 aliphatic carbocycles. The van der Waals surface area contributed by atoms with Crippen LogP contribution in [0.4, 0.5) is 11.5 Å². The Morgan fingerprint density at radius 3 is 2.88 bits per heavy atom. The van der Waals surface area contributed by atoms with Gasteiger partial charge in [0.2, 0.25) is 0 Å². The van der Waals surface area contributed by atoms with Crippen molar-refractivity contribution in [3.05, 3.63) is 47.1 Å². The molecule has 168 valence electrons. The fourth-order valence-electron chi connectivity index (χ4n) is 4.27. The first kappa shape index (κ1) is 22.2. The monoisotopic (exact) mass is 453 g/mol. The number of benzene rings is 1. The van der Waals surface area contributed by atoms with E-state index < -0.39 is 11.8 Å². The van der Waals surface area contributed by atoms with Crippen molar-refractivity contribution >= 4 is 44.9 Å². The van der Waals surface area contributed by atoms with Gasteiger partial charge in [-0.05, 0) is 42.2 Å². The van der Waals surface area contributed by atoms with Crippen molar-refractivity contribution in [2.24, 2.45) is 5.92 Å². The topological polar surface area (TPSA) is 110 Å². The molecular weight excluding hydrogens is 426 g/mol. The number of nitrogens with one attached hydrogen (secondary N) is 1. The molecule has 3 aromatic rings. The van der Waals surface area contributed by atoms with Crippen LogP contribution in [0.1, 0.15) is 37.4 Å². The first-order valence-corrected chi connectivity index (χ1v) is 11.5. The second kappa shape index (κ2) is 9.22. The van der Waals surface area contributed by atoms with E-state index in [1.165, 1.54) is 6.20 Å². The number of pyridine rings is 1. The molecule has 4 rings (SSSR count). The molecule has 9 heteroatoms. The van der Waals surface area contributed by atoms with Crippen LogP contribution >= 0.6 is 11.3 Å². The van der Waals surface area contributed by atoms with Gasteiger partial charge in [0.15, 0.2) is 0 Å². The van der Waals surface area contributed by atoms with Crippen LogP contribution in [0.5, 0.6) is 0 Å². The van der Waals surface area contributed by atoms with E-state index >= 15 is 0 Å². The van der Waals surface area contributed by atoms with Gasteiger partial charge < -0.3 is 20.7 Å². The Bertz CT molecular complexity index is 1150. The highest BCUT2D eigenvalue weighted by atomic mass is 32.1. The van der Waals surface area contributed by atoms with Gasteiger partial charge >= 0.3 is 11.8 Å². The molecule has 0 radical (unpaired) electrons. The molecule has 3 heterocycles. The number of amides is 2. The lowest BCUT2D eigenvalue weighted by Crippen LogP contribution is -2.50. The van der Waals surface area contributed by atoms with Crippen LogP contribution in [0.3, 0.4) is 0 Å². The number of nitrogens with zero attached hydrogens (tertiary/aromatic N) is 3. The van der Waals surface area contributed by atoms with Crippen molar-refractivity contribution in [1.82, 2.24) is 14.9 Å². The second-order valence-corrected chi connectivity index (χ2v) is 9.00. The number of likely N-dealkylation sites (tertiary alicyclic amines) is 1. The van der Waals surface area contributed by atoms with Gasteiger partial charge in [-0.1, -0.05) is 19.9 Å². The summed E-state index contributed by atoms with van der Waals surface area (Å²) in [7, 11) is 1.69. The number of ether oxygens (including phenoxy) is 1. The van der Waals surface area contributed by atoms with Crippen LogP contribution in [0.2, 0.25) is 0 Å². The summed E-state index contributed by atoms with van der Waals surface area (Å²) >= 11 is 1.57. The summed E-state index contributed by atoms with van der Waals surface area (Å²) in [6.07, 6.45) is 2.74. The van der Waals surface area contributed by atoms with E-state index in [4.69, 9.17) is 10.5 Å². The summed E-state index contributed by atoms with van der Waals surface area (Å²) in [5.74, 6) is -0.753. The number of hydrogen-bond donors (Lipinski definition) is 2. The quantitative estimate of drug-likeness (QED) is 0.586. The zero-order valence-electron chi connectivity index (χ0n) is 18.4. The van der Waals surface area contributed by atoms with Gasteiger partial charge in [0.1, 0.15) is 5.82 Å². The molecule has 1 aromatic carbocycles. The number of piperidine rings is 1. The minimum Gasteiger partial charge on any atom is -0.383 e. The predicted molar refractivity (Wildman–Crippen MR) is 125 cm³/mol. The molecular formula is C23H27N5O3S. The van der Waals surface area contributed by atoms with Gasteiger partial charge in [-0.2, -0.15) is 0 Å². The van der Waals surface area contributed by atoms with Crippen molar-refractivity contribution in [3.8, 4) is 0 Å². The maximum Gasteiger partial charge on any atom is 0.313 e. The molecule has 1 aliphatic rings. The van der Waals surface area contributed by atoms with Gasteiger partial charge in [-0.3, -0.25) is 9.59 Å². The van der Waals surface area contributed by atoms with Gasteiger partial charge in [0.25, 0.3) is 0 Å². The zero-order valence-corrected chi connectivity index (χ0v) is 19.2. The minimum absolute atomic E-state index is 0.00773. The normalized spacial score (nSPS) is 21.0. The zero-order chi connectivity index (χ0) is 22.8. The Balaban J connectivity index is 1.60. The third-order valence-corrected chi connectivity index (χ3v) is 6.90. The molecule has 2 aromatic heterocycles. The highest BCUT2D eigenvalue weighted by Gasteiger charge is 2.39. The molecule has 3 atom stereocenters. The largest absolute Gasteiger partial charge is 0.383 e. The van der Waals surface area contributed by atoms with Crippen molar-refractivity contribution in [1.29, 1.82) is 0 Å². The fraction of sp³-hybridized carbons (Fsp3) is 0.391. The summed E-state index contributed by atoms with van der Waals surface area (Å²) < 4.78 is 6.76. The van der Waals surface area contributed by atoms with Crippen LogP contribution in [0.25, 0.3) is 10.2 Å². The number of methoxy groups -OCH3 is 1. The predicted octanol–water partition coefficient (Wildman–Crippen LogP) is 3.40. The Hall–Kier alpha value is -3.04. The Labute approximate surface area is 190 Å². The number of nitrogen functional groups attached to an aromatic ring is 1. The van der Waals surface area contributed by atoms with Crippen LogP contribution in [0, 0.1) is 5.92 Å². The van der Waals surface area contributed by atoms with E-state index in [0.29, 0.717) is 30.9 Å². The summed E-state index contributed by atoms with van der Waals surface area (Å²) in [4.78, 5) is 36.3. The van der Waals surface area contributed by atoms with E-state index in [1.54, 1.807) is 34.9 Å². The summed E-state index contributed by atoms with van der Waals surface area (Å²) in [6, 6.07) is 7.48. The smallest absolute Gasteiger partial charge is 0.313 e. The standard InChI is InChI=1S/C23H27N5O3S/c1-4-14-7-16(10-25-21(14)24)27-22(29)23(30)28-11-13(2)19(31-3)9-18(28)15-5-6-20-17(8-15)26-12-32-20/h5-8,10,12-13,18-19H,4,9,11H2,1-3H3,(H2,24,25)(H,27,29)/t13-,18-,19?/m0/s1. The molecule has 3 N–H and O–H groups in total. The molecule has 32 heavy (non-hydrogen) atoms.